The minimum atomic E-state index is -0.442. The maximum Gasteiger partial charge on any atom is 0.341 e. The summed E-state index contributed by atoms with van der Waals surface area (Å²) in [6.07, 6.45) is 0. The summed E-state index contributed by atoms with van der Waals surface area (Å²) < 4.78 is 10.0. The number of methoxy groups -OCH3 is 1. The van der Waals surface area contributed by atoms with E-state index in [0.29, 0.717) is 23.6 Å². The van der Waals surface area contributed by atoms with Gasteiger partial charge in [-0.3, -0.25) is 4.79 Å². The van der Waals surface area contributed by atoms with E-state index in [2.05, 4.69) is 15.4 Å². The fourth-order valence-corrected chi connectivity index (χ4v) is 1.69. The number of hydrogen-bond donors (Lipinski definition) is 2. The van der Waals surface area contributed by atoms with Gasteiger partial charge >= 0.3 is 5.97 Å². The summed E-state index contributed by atoms with van der Waals surface area (Å²) in [5, 5.41) is 5.69. The van der Waals surface area contributed by atoms with Crippen molar-refractivity contribution in [3.8, 4) is 0 Å². The lowest BCUT2D eigenvalue weighted by molar-refractivity contribution is -0.124. The van der Waals surface area contributed by atoms with Crippen molar-refractivity contribution in [3.05, 3.63) is 23.2 Å². The van der Waals surface area contributed by atoms with Crippen LogP contribution in [0.15, 0.2) is 10.5 Å². The summed E-state index contributed by atoms with van der Waals surface area (Å²) >= 11 is 0. The Morgan fingerprint density at radius 2 is 2.16 bits per heavy atom. The molecule has 1 unspecified atom stereocenters. The standard InChI is InChI=1S/C13H20N2O4/c1-8(6-14-3)12(16)15-7-10-5-11(9(2)19-10)13(17)18-4/h5,8,14H,6-7H2,1-4H3,(H,15,16). The van der Waals surface area contributed by atoms with Crippen molar-refractivity contribution in [2.75, 3.05) is 20.7 Å². The second kappa shape index (κ2) is 6.94. The molecular weight excluding hydrogens is 248 g/mol. The Hall–Kier alpha value is -1.82. The quantitative estimate of drug-likeness (QED) is 0.747. The van der Waals surface area contributed by atoms with Gasteiger partial charge in [0, 0.05) is 12.5 Å². The van der Waals surface area contributed by atoms with Crippen molar-refractivity contribution in [3.63, 3.8) is 0 Å². The van der Waals surface area contributed by atoms with E-state index in [1.807, 2.05) is 6.92 Å². The number of aryl methyl sites for hydroxylation is 1. The van der Waals surface area contributed by atoms with E-state index in [-0.39, 0.29) is 18.4 Å². The van der Waals surface area contributed by atoms with Gasteiger partial charge < -0.3 is 19.8 Å². The van der Waals surface area contributed by atoms with E-state index in [9.17, 15) is 9.59 Å². The van der Waals surface area contributed by atoms with Gasteiger partial charge in [-0.2, -0.15) is 0 Å². The van der Waals surface area contributed by atoms with E-state index in [4.69, 9.17) is 4.42 Å². The minimum absolute atomic E-state index is 0.0666. The Morgan fingerprint density at radius 3 is 2.74 bits per heavy atom. The molecule has 0 fully saturated rings. The molecule has 0 aromatic carbocycles. The molecule has 0 saturated carbocycles. The first-order chi connectivity index (χ1) is 8.99. The summed E-state index contributed by atoms with van der Waals surface area (Å²) in [7, 11) is 3.11. The Balaban J connectivity index is 2.59. The third-order valence-corrected chi connectivity index (χ3v) is 2.77. The van der Waals surface area contributed by atoms with Crippen molar-refractivity contribution in [2.45, 2.75) is 20.4 Å². The normalized spacial score (nSPS) is 12.0. The number of ether oxygens (including phenoxy) is 1. The second-order valence-corrected chi connectivity index (χ2v) is 4.35. The van der Waals surface area contributed by atoms with Gasteiger partial charge in [0.2, 0.25) is 5.91 Å². The second-order valence-electron chi connectivity index (χ2n) is 4.35. The third kappa shape index (κ3) is 4.10. The molecule has 6 heteroatoms. The van der Waals surface area contributed by atoms with Crippen molar-refractivity contribution in [1.29, 1.82) is 0 Å². The molecule has 0 aliphatic heterocycles. The zero-order valence-corrected chi connectivity index (χ0v) is 11.7. The van der Waals surface area contributed by atoms with Crippen LogP contribution in [0.4, 0.5) is 0 Å². The van der Waals surface area contributed by atoms with Gasteiger partial charge in [-0.25, -0.2) is 4.79 Å². The summed E-state index contributed by atoms with van der Waals surface area (Å²) in [5.41, 5.74) is 0.384. The minimum Gasteiger partial charge on any atom is -0.465 e. The fraction of sp³-hybridized carbons (Fsp3) is 0.538. The van der Waals surface area contributed by atoms with Crippen LogP contribution in [0.1, 0.15) is 28.8 Å². The molecule has 6 nitrogen and oxygen atoms in total. The number of nitrogens with one attached hydrogen (secondary N) is 2. The Labute approximate surface area is 112 Å². The van der Waals surface area contributed by atoms with Crippen LogP contribution in [-0.4, -0.2) is 32.6 Å². The highest BCUT2D eigenvalue weighted by molar-refractivity contribution is 5.90. The Bertz CT molecular complexity index is 453. The monoisotopic (exact) mass is 268 g/mol. The molecule has 1 atom stereocenters. The van der Waals surface area contributed by atoms with Gasteiger partial charge in [-0.15, -0.1) is 0 Å². The predicted octanol–water partition coefficient (Wildman–Crippen LogP) is 0.846. The van der Waals surface area contributed by atoms with E-state index in [0.717, 1.165) is 0 Å². The van der Waals surface area contributed by atoms with E-state index in [1.54, 1.807) is 20.0 Å². The zero-order chi connectivity index (χ0) is 14.4. The van der Waals surface area contributed by atoms with E-state index < -0.39 is 5.97 Å². The number of amides is 1. The molecule has 1 rings (SSSR count). The number of esters is 1. The molecule has 0 saturated heterocycles. The van der Waals surface area contributed by atoms with E-state index in [1.165, 1.54) is 7.11 Å². The first-order valence-electron chi connectivity index (χ1n) is 6.09. The van der Waals surface area contributed by atoms with Crippen LogP contribution in [0.5, 0.6) is 0 Å². The highest BCUT2D eigenvalue weighted by Crippen LogP contribution is 2.15. The first-order valence-corrected chi connectivity index (χ1v) is 6.09. The molecule has 2 N–H and O–H groups in total. The van der Waals surface area contributed by atoms with Crippen LogP contribution < -0.4 is 10.6 Å². The Kier molecular flexibility index (Phi) is 5.57. The number of carbonyl (C=O) groups is 2. The lowest BCUT2D eigenvalue weighted by Crippen LogP contribution is -2.33. The molecule has 0 aliphatic rings. The molecule has 0 spiro atoms. The highest BCUT2D eigenvalue weighted by atomic mass is 16.5. The first kappa shape index (κ1) is 15.2. The van der Waals surface area contributed by atoms with Crippen LogP contribution in [0.2, 0.25) is 0 Å². The highest BCUT2D eigenvalue weighted by Gasteiger charge is 2.16. The van der Waals surface area contributed by atoms with Gasteiger partial charge in [0.15, 0.2) is 0 Å². The van der Waals surface area contributed by atoms with Gasteiger partial charge in [-0.1, -0.05) is 6.92 Å². The smallest absolute Gasteiger partial charge is 0.341 e. The molecule has 1 aromatic heterocycles. The number of carbonyl (C=O) groups excluding carboxylic acids is 2. The number of furan rings is 1. The molecular formula is C13H20N2O4. The van der Waals surface area contributed by atoms with Crippen LogP contribution in [0.25, 0.3) is 0 Å². The average molecular weight is 268 g/mol. The van der Waals surface area contributed by atoms with Gasteiger partial charge in [0.1, 0.15) is 17.1 Å². The topological polar surface area (TPSA) is 80.6 Å². The SMILES string of the molecule is CNCC(C)C(=O)NCc1cc(C(=O)OC)c(C)o1. The molecule has 0 radical (unpaired) electrons. The van der Waals surface area contributed by atoms with Gasteiger partial charge in [0.05, 0.1) is 13.7 Å². The maximum atomic E-state index is 11.7. The lowest BCUT2D eigenvalue weighted by atomic mass is 10.1. The zero-order valence-electron chi connectivity index (χ0n) is 11.7. The predicted molar refractivity (Wildman–Crippen MR) is 69.7 cm³/mol. The van der Waals surface area contributed by atoms with Crippen LogP contribution in [0, 0.1) is 12.8 Å². The summed E-state index contributed by atoms with van der Waals surface area (Å²) in [4.78, 5) is 23.1. The van der Waals surface area contributed by atoms with Crippen molar-refractivity contribution >= 4 is 11.9 Å². The maximum absolute atomic E-state index is 11.7. The number of rotatable bonds is 6. The van der Waals surface area contributed by atoms with Crippen LogP contribution in [-0.2, 0) is 16.1 Å². The van der Waals surface area contributed by atoms with Crippen molar-refractivity contribution < 1.29 is 18.7 Å². The molecule has 1 amide bonds. The largest absolute Gasteiger partial charge is 0.465 e. The molecule has 1 heterocycles. The molecule has 106 valence electrons. The Morgan fingerprint density at radius 1 is 1.47 bits per heavy atom. The molecule has 0 bridgehead atoms. The lowest BCUT2D eigenvalue weighted by Gasteiger charge is -2.10. The van der Waals surface area contributed by atoms with Crippen LogP contribution in [0.3, 0.4) is 0 Å². The van der Waals surface area contributed by atoms with E-state index >= 15 is 0 Å². The van der Waals surface area contributed by atoms with Crippen molar-refractivity contribution in [2.24, 2.45) is 5.92 Å². The average Bonchev–Trinajstić information content (AvgIpc) is 2.76. The molecule has 19 heavy (non-hydrogen) atoms. The molecule has 1 aromatic rings. The van der Waals surface area contributed by atoms with Gasteiger partial charge in [-0.05, 0) is 20.0 Å². The molecule has 0 aliphatic carbocycles. The summed E-state index contributed by atoms with van der Waals surface area (Å²) in [6, 6.07) is 1.59. The van der Waals surface area contributed by atoms with Crippen molar-refractivity contribution in [1.82, 2.24) is 10.6 Å². The van der Waals surface area contributed by atoms with Crippen LogP contribution >= 0.6 is 0 Å². The summed E-state index contributed by atoms with van der Waals surface area (Å²) in [6.45, 7) is 4.38. The third-order valence-electron chi connectivity index (χ3n) is 2.77. The summed E-state index contributed by atoms with van der Waals surface area (Å²) in [5.74, 6) is 0.383. The fourth-order valence-electron chi connectivity index (χ4n) is 1.69. The van der Waals surface area contributed by atoms with Gasteiger partial charge in [0.25, 0.3) is 0 Å². The number of hydrogen-bond acceptors (Lipinski definition) is 5.